The molecular formula is C12H18N2O2. The molecule has 0 saturated heterocycles. The molecule has 1 saturated carbocycles. The number of imidazole rings is 1. The number of hydrogen-bond donors (Lipinski definition) is 0. The largest absolute Gasteiger partial charge is 0.328 e. The first-order valence-electron chi connectivity index (χ1n) is 5.95. The van der Waals surface area contributed by atoms with Gasteiger partial charge in [-0.15, -0.1) is 0 Å². The van der Waals surface area contributed by atoms with Gasteiger partial charge in [-0.1, -0.05) is 0 Å². The van der Waals surface area contributed by atoms with Crippen LogP contribution in [0.2, 0.25) is 0 Å². The van der Waals surface area contributed by atoms with Gasteiger partial charge in [0, 0.05) is 31.4 Å². The molecule has 4 heteroatoms. The van der Waals surface area contributed by atoms with Gasteiger partial charge in [0.15, 0.2) is 0 Å². The third kappa shape index (κ3) is 2.62. The van der Waals surface area contributed by atoms with Gasteiger partial charge in [0.1, 0.15) is 5.78 Å². The molecule has 0 aliphatic heterocycles. The molecule has 0 unspecified atom stereocenters. The van der Waals surface area contributed by atoms with Gasteiger partial charge in [0.25, 0.3) is 0 Å². The highest BCUT2D eigenvalue weighted by Crippen LogP contribution is 2.33. The summed E-state index contributed by atoms with van der Waals surface area (Å²) in [5.41, 5.74) is 0.102. The van der Waals surface area contributed by atoms with Crippen molar-refractivity contribution in [1.29, 1.82) is 0 Å². The first-order chi connectivity index (χ1) is 7.68. The minimum atomic E-state index is 0.102. The summed E-state index contributed by atoms with van der Waals surface area (Å²) >= 11 is 0. The molecule has 0 bridgehead atoms. The Balaban J connectivity index is 1.85. The van der Waals surface area contributed by atoms with E-state index in [1.165, 1.54) is 0 Å². The van der Waals surface area contributed by atoms with Crippen LogP contribution in [0.5, 0.6) is 0 Å². The van der Waals surface area contributed by atoms with Crippen molar-refractivity contribution < 1.29 is 4.79 Å². The molecule has 1 fully saturated rings. The van der Waals surface area contributed by atoms with E-state index < -0.39 is 0 Å². The summed E-state index contributed by atoms with van der Waals surface area (Å²) in [6.07, 6.45) is 8.39. The van der Waals surface area contributed by atoms with Gasteiger partial charge in [-0.2, -0.15) is 0 Å². The molecular weight excluding hydrogens is 204 g/mol. The highest BCUT2D eigenvalue weighted by atomic mass is 16.1. The van der Waals surface area contributed by atoms with Crippen molar-refractivity contribution in [2.24, 2.45) is 0 Å². The Morgan fingerprint density at radius 3 is 2.75 bits per heavy atom. The number of nitrogens with zero attached hydrogens (tertiary/aromatic N) is 2. The zero-order chi connectivity index (χ0) is 11.5. The van der Waals surface area contributed by atoms with Crippen molar-refractivity contribution in [1.82, 2.24) is 9.13 Å². The van der Waals surface area contributed by atoms with E-state index in [2.05, 4.69) is 0 Å². The molecule has 1 aliphatic carbocycles. The van der Waals surface area contributed by atoms with Gasteiger partial charge in [-0.05, 0) is 32.6 Å². The van der Waals surface area contributed by atoms with E-state index >= 15 is 0 Å². The lowest BCUT2D eigenvalue weighted by Crippen LogP contribution is -2.23. The second kappa shape index (κ2) is 4.68. The SMILES string of the molecule is CC(=O)CCCCn1ccn(C2CC2)c1=O. The average molecular weight is 222 g/mol. The zero-order valence-corrected chi connectivity index (χ0v) is 9.69. The fourth-order valence-corrected chi connectivity index (χ4v) is 1.89. The number of unbranched alkanes of at least 4 members (excludes halogenated alkanes) is 1. The van der Waals surface area contributed by atoms with E-state index in [1.54, 1.807) is 11.5 Å². The van der Waals surface area contributed by atoms with Crippen molar-refractivity contribution in [2.45, 2.75) is 51.6 Å². The normalized spacial score (nSPS) is 15.3. The van der Waals surface area contributed by atoms with Gasteiger partial charge in [-0.25, -0.2) is 4.79 Å². The van der Waals surface area contributed by atoms with Crippen LogP contribution >= 0.6 is 0 Å². The Kier molecular flexibility index (Phi) is 3.27. The van der Waals surface area contributed by atoms with Gasteiger partial charge in [-0.3, -0.25) is 9.13 Å². The summed E-state index contributed by atoms with van der Waals surface area (Å²) in [6.45, 7) is 2.33. The molecule has 0 N–H and O–H groups in total. The second-order valence-electron chi connectivity index (χ2n) is 4.57. The number of aryl methyl sites for hydroxylation is 1. The van der Waals surface area contributed by atoms with E-state index in [4.69, 9.17) is 0 Å². The van der Waals surface area contributed by atoms with E-state index in [-0.39, 0.29) is 11.5 Å². The fourth-order valence-electron chi connectivity index (χ4n) is 1.89. The maximum absolute atomic E-state index is 11.8. The monoisotopic (exact) mass is 222 g/mol. The zero-order valence-electron chi connectivity index (χ0n) is 9.69. The summed E-state index contributed by atoms with van der Waals surface area (Å²) in [4.78, 5) is 22.6. The lowest BCUT2D eigenvalue weighted by Gasteiger charge is -2.00. The molecule has 2 rings (SSSR count). The predicted octanol–water partition coefficient (Wildman–Crippen LogP) is 1.74. The Hall–Kier alpha value is -1.32. The third-order valence-electron chi connectivity index (χ3n) is 2.99. The average Bonchev–Trinajstić information content (AvgIpc) is 3.00. The molecule has 88 valence electrons. The molecule has 0 amide bonds. The van der Waals surface area contributed by atoms with Crippen LogP contribution in [-0.4, -0.2) is 14.9 Å². The fraction of sp³-hybridized carbons (Fsp3) is 0.667. The predicted molar refractivity (Wildman–Crippen MR) is 61.5 cm³/mol. The smallest absolute Gasteiger partial charge is 0.300 e. The number of aromatic nitrogens is 2. The minimum absolute atomic E-state index is 0.102. The van der Waals surface area contributed by atoms with Crippen LogP contribution in [0.15, 0.2) is 17.2 Å². The van der Waals surface area contributed by atoms with Crippen LogP contribution in [0.25, 0.3) is 0 Å². The summed E-state index contributed by atoms with van der Waals surface area (Å²) in [5.74, 6) is 0.225. The van der Waals surface area contributed by atoms with Gasteiger partial charge < -0.3 is 4.79 Å². The number of carbonyl (C=O) groups excluding carboxylic acids is 1. The van der Waals surface area contributed by atoms with Crippen LogP contribution < -0.4 is 5.69 Å². The molecule has 0 radical (unpaired) electrons. The molecule has 0 atom stereocenters. The lowest BCUT2D eigenvalue weighted by atomic mass is 10.2. The Labute approximate surface area is 94.9 Å². The molecule has 0 aromatic carbocycles. The first kappa shape index (κ1) is 11.2. The molecule has 1 aliphatic rings. The number of hydrogen-bond acceptors (Lipinski definition) is 2. The molecule has 1 aromatic rings. The van der Waals surface area contributed by atoms with Crippen LogP contribution in [0.3, 0.4) is 0 Å². The summed E-state index contributed by atoms with van der Waals surface area (Å²) in [5, 5.41) is 0. The number of ketones is 1. The maximum Gasteiger partial charge on any atom is 0.328 e. The van der Waals surface area contributed by atoms with Gasteiger partial charge in [0.2, 0.25) is 0 Å². The van der Waals surface area contributed by atoms with Crippen molar-refractivity contribution in [3.8, 4) is 0 Å². The third-order valence-corrected chi connectivity index (χ3v) is 2.99. The number of Topliss-reactive ketones (excluding diaryl/α,β-unsaturated/α-hetero) is 1. The van der Waals surface area contributed by atoms with Crippen molar-refractivity contribution in [3.63, 3.8) is 0 Å². The van der Waals surface area contributed by atoms with Crippen LogP contribution in [-0.2, 0) is 11.3 Å². The topological polar surface area (TPSA) is 44.0 Å². The minimum Gasteiger partial charge on any atom is -0.300 e. The molecule has 16 heavy (non-hydrogen) atoms. The molecule has 1 heterocycles. The maximum atomic E-state index is 11.8. The van der Waals surface area contributed by atoms with E-state index in [0.717, 1.165) is 32.2 Å². The lowest BCUT2D eigenvalue weighted by molar-refractivity contribution is -0.117. The molecule has 1 aromatic heterocycles. The number of carbonyl (C=O) groups is 1. The Bertz CT molecular complexity index is 426. The number of rotatable bonds is 6. The van der Waals surface area contributed by atoms with Crippen molar-refractivity contribution >= 4 is 5.78 Å². The highest BCUT2D eigenvalue weighted by molar-refractivity contribution is 5.75. The Morgan fingerprint density at radius 1 is 1.38 bits per heavy atom. The second-order valence-corrected chi connectivity index (χ2v) is 4.57. The quantitative estimate of drug-likeness (QED) is 0.688. The van der Waals surface area contributed by atoms with Crippen molar-refractivity contribution in [3.05, 3.63) is 22.9 Å². The summed E-state index contributed by atoms with van der Waals surface area (Å²) < 4.78 is 3.57. The Morgan fingerprint density at radius 2 is 2.12 bits per heavy atom. The highest BCUT2D eigenvalue weighted by Gasteiger charge is 2.25. The van der Waals surface area contributed by atoms with E-state index in [1.807, 2.05) is 17.0 Å². The summed E-state index contributed by atoms with van der Waals surface area (Å²) in [6, 6.07) is 0.450. The van der Waals surface area contributed by atoms with Crippen LogP contribution in [0.4, 0.5) is 0 Å². The first-order valence-corrected chi connectivity index (χ1v) is 5.95. The van der Waals surface area contributed by atoms with E-state index in [0.29, 0.717) is 12.5 Å². The molecule has 4 nitrogen and oxygen atoms in total. The van der Waals surface area contributed by atoms with Gasteiger partial charge >= 0.3 is 5.69 Å². The van der Waals surface area contributed by atoms with E-state index in [9.17, 15) is 9.59 Å². The van der Waals surface area contributed by atoms with Crippen LogP contribution in [0.1, 0.15) is 45.1 Å². The van der Waals surface area contributed by atoms with Crippen LogP contribution in [0, 0.1) is 0 Å². The molecule has 0 spiro atoms. The van der Waals surface area contributed by atoms with Gasteiger partial charge in [0.05, 0.1) is 0 Å². The van der Waals surface area contributed by atoms with Crippen molar-refractivity contribution in [2.75, 3.05) is 0 Å². The summed E-state index contributed by atoms with van der Waals surface area (Å²) in [7, 11) is 0. The standard InChI is InChI=1S/C12H18N2O2/c1-10(15)4-2-3-7-13-8-9-14(12(13)16)11-5-6-11/h8-9,11H,2-7H2,1H3.